The van der Waals surface area contributed by atoms with E-state index in [1.54, 1.807) is 59.4 Å². The summed E-state index contributed by atoms with van der Waals surface area (Å²) in [4.78, 5) is 11.8. The van der Waals surface area contributed by atoms with Crippen molar-refractivity contribution >= 4 is 44.8 Å². The van der Waals surface area contributed by atoms with Gasteiger partial charge in [0.15, 0.2) is 0 Å². The summed E-state index contributed by atoms with van der Waals surface area (Å²) in [5.74, 6) is -0.644. The van der Waals surface area contributed by atoms with Gasteiger partial charge in [-0.2, -0.15) is 5.10 Å². The monoisotopic (exact) mass is 404 g/mol. The number of fused-ring (bicyclic) bond motifs is 1. The van der Waals surface area contributed by atoms with Crippen molar-refractivity contribution in [1.29, 1.82) is 0 Å². The van der Waals surface area contributed by atoms with E-state index in [0.29, 0.717) is 16.3 Å². The molecule has 0 saturated heterocycles. The maximum atomic E-state index is 12.2. The van der Waals surface area contributed by atoms with Crippen molar-refractivity contribution in [3.05, 3.63) is 71.5 Å². The molecule has 2 heterocycles. The highest BCUT2D eigenvalue weighted by Crippen LogP contribution is 2.16. The van der Waals surface area contributed by atoms with E-state index in [9.17, 15) is 13.2 Å². The number of carbonyl (C=O) groups is 1. The van der Waals surface area contributed by atoms with Gasteiger partial charge in [0.05, 0.1) is 17.0 Å². The Morgan fingerprint density at radius 1 is 1.22 bits per heavy atom. The maximum absolute atomic E-state index is 12.2. The van der Waals surface area contributed by atoms with Gasteiger partial charge in [-0.1, -0.05) is 29.8 Å². The lowest BCUT2D eigenvalue weighted by Crippen LogP contribution is -2.30. The number of benzene rings is 1. The van der Waals surface area contributed by atoms with Gasteiger partial charge in [0.1, 0.15) is 0 Å². The summed E-state index contributed by atoms with van der Waals surface area (Å²) in [5, 5.41) is 7.12. The van der Waals surface area contributed by atoms with Crippen molar-refractivity contribution < 1.29 is 13.2 Å². The van der Waals surface area contributed by atoms with Crippen molar-refractivity contribution in [3.8, 4) is 0 Å². The number of sulfonamides is 1. The molecule has 3 aromatic rings. The lowest BCUT2D eigenvalue weighted by molar-refractivity contribution is -0.116. The Morgan fingerprint density at radius 3 is 2.85 bits per heavy atom. The minimum absolute atomic E-state index is 0.0179. The second kappa shape index (κ2) is 8.24. The molecule has 27 heavy (non-hydrogen) atoms. The first-order valence-electron chi connectivity index (χ1n) is 8.07. The van der Waals surface area contributed by atoms with Gasteiger partial charge in [0.25, 0.3) is 0 Å². The largest absolute Gasteiger partial charge is 0.351 e. The Hall–Kier alpha value is -2.84. The second-order valence-corrected chi connectivity index (χ2v) is 7.93. The van der Waals surface area contributed by atoms with Gasteiger partial charge < -0.3 is 5.32 Å². The first-order chi connectivity index (χ1) is 12.9. The predicted octanol–water partition coefficient (Wildman–Crippen LogP) is 2.56. The minimum atomic E-state index is -3.60. The van der Waals surface area contributed by atoms with E-state index in [0.717, 1.165) is 5.52 Å². The van der Waals surface area contributed by atoms with Crippen LogP contribution in [-0.2, 0) is 14.8 Å². The second-order valence-electron chi connectivity index (χ2n) is 5.68. The minimum Gasteiger partial charge on any atom is -0.351 e. The van der Waals surface area contributed by atoms with Crippen LogP contribution in [0.2, 0.25) is 5.02 Å². The van der Waals surface area contributed by atoms with Crippen LogP contribution in [0.15, 0.2) is 60.9 Å². The molecule has 7 nitrogen and oxygen atoms in total. The van der Waals surface area contributed by atoms with Crippen molar-refractivity contribution in [2.45, 2.75) is 0 Å². The number of hydrogen-bond acceptors (Lipinski definition) is 4. The Balaban J connectivity index is 1.51. The van der Waals surface area contributed by atoms with Gasteiger partial charge in [0, 0.05) is 30.0 Å². The quantitative estimate of drug-likeness (QED) is 0.592. The number of hydrogen-bond donors (Lipinski definition) is 2. The molecule has 2 aromatic heterocycles. The topological polar surface area (TPSA) is 92.6 Å². The molecule has 2 N–H and O–H groups in total. The van der Waals surface area contributed by atoms with Crippen LogP contribution >= 0.6 is 11.6 Å². The van der Waals surface area contributed by atoms with Crippen molar-refractivity contribution in [2.24, 2.45) is 0 Å². The summed E-state index contributed by atoms with van der Waals surface area (Å²) in [6, 6.07) is 12.2. The number of pyridine rings is 1. The summed E-state index contributed by atoms with van der Waals surface area (Å²) in [6.45, 7) is -0.0179. The standard InChI is InChI=1S/C18H17ClN4O3S/c19-17-4-2-1-3-14(17)5-6-18(24)20-10-12-27(25,26)22-15-8-11-23-16(13-15)7-9-21-23/h1-9,11,13,22H,10,12H2,(H,20,24). The van der Waals surface area contributed by atoms with E-state index in [-0.39, 0.29) is 12.3 Å². The summed E-state index contributed by atoms with van der Waals surface area (Å²) < 4.78 is 28.4. The molecule has 140 valence electrons. The number of halogens is 1. The predicted molar refractivity (Wildman–Crippen MR) is 106 cm³/mol. The number of nitrogens with zero attached hydrogens (tertiary/aromatic N) is 2. The summed E-state index contributed by atoms with van der Waals surface area (Å²) in [5.41, 5.74) is 1.92. The van der Waals surface area contributed by atoms with Gasteiger partial charge in [0.2, 0.25) is 15.9 Å². The van der Waals surface area contributed by atoms with Crippen LogP contribution in [0.3, 0.4) is 0 Å². The first-order valence-corrected chi connectivity index (χ1v) is 10.1. The van der Waals surface area contributed by atoms with Gasteiger partial charge in [-0.25, -0.2) is 12.9 Å². The van der Waals surface area contributed by atoms with E-state index in [1.807, 2.05) is 6.07 Å². The fourth-order valence-electron chi connectivity index (χ4n) is 2.36. The lowest BCUT2D eigenvalue weighted by Gasteiger charge is -2.08. The number of carbonyl (C=O) groups excluding carboxylic acids is 1. The molecule has 0 unspecified atom stereocenters. The third-order valence-electron chi connectivity index (χ3n) is 3.66. The molecule has 0 radical (unpaired) electrons. The van der Waals surface area contributed by atoms with Crippen LogP contribution in [0.5, 0.6) is 0 Å². The fraction of sp³-hybridized carbons (Fsp3) is 0.111. The highest BCUT2D eigenvalue weighted by Gasteiger charge is 2.11. The zero-order valence-electron chi connectivity index (χ0n) is 14.2. The number of rotatable bonds is 7. The molecule has 0 bridgehead atoms. The molecule has 1 amide bonds. The zero-order valence-corrected chi connectivity index (χ0v) is 15.7. The highest BCUT2D eigenvalue weighted by atomic mass is 35.5. The molecule has 3 rings (SSSR count). The third kappa shape index (κ3) is 5.32. The molecule has 0 aliphatic rings. The van der Waals surface area contributed by atoms with E-state index in [4.69, 9.17) is 11.6 Å². The molecule has 0 aliphatic heterocycles. The molecular formula is C18H17ClN4O3S. The summed E-state index contributed by atoms with van der Waals surface area (Å²) >= 11 is 6.00. The van der Waals surface area contributed by atoms with Crippen molar-refractivity contribution in [2.75, 3.05) is 17.0 Å². The van der Waals surface area contributed by atoms with Crippen LogP contribution in [0.1, 0.15) is 5.56 Å². The van der Waals surface area contributed by atoms with Crippen molar-refractivity contribution in [3.63, 3.8) is 0 Å². The highest BCUT2D eigenvalue weighted by molar-refractivity contribution is 7.92. The molecule has 0 spiro atoms. The molecule has 0 atom stereocenters. The van der Waals surface area contributed by atoms with Crippen LogP contribution in [0.4, 0.5) is 5.69 Å². The molecule has 0 fully saturated rings. The van der Waals surface area contributed by atoms with Crippen molar-refractivity contribution in [1.82, 2.24) is 14.9 Å². The third-order valence-corrected chi connectivity index (χ3v) is 5.29. The van der Waals surface area contributed by atoms with Crippen LogP contribution < -0.4 is 10.0 Å². The Bertz CT molecular complexity index is 1090. The normalized spacial score (nSPS) is 11.7. The van der Waals surface area contributed by atoms with Crippen LogP contribution in [0, 0.1) is 0 Å². The molecule has 9 heteroatoms. The van der Waals surface area contributed by atoms with E-state index < -0.39 is 15.9 Å². The van der Waals surface area contributed by atoms with Gasteiger partial charge >= 0.3 is 0 Å². The number of amides is 1. The average molecular weight is 405 g/mol. The maximum Gasteiger partial charge on any atom is 0.244 e. The van der Waals surface area contributed by atoms with Gasteiger partial charge in [-0.05, 0) is 35.9 Å². The first kappa shape index (κ1) is 18.9. The average Bonchev–Trinajstić information content (AvgIpc) is 3.08. The lowest BCUT2D eigenvalue weighted by atomic mass is 10.2. The van der Waals surface area contributed by atoms with Gasteiger partial charge in [-0.3, -0.25) is 9.52 Å². The van der Waals surface area contributed by atoms with E-state index in [2.05, 4.69) is 15.1 Å². The van der Waals surface area contributed by atoms with Gasteiger partial charge in [-0.15, -0.1) is 0 Å². The molecule has 0 aliphatic carbocycles. The van der Waals surface area contributed by atoms with E-state index >= 15 is 0 Å². The summed E-state index contributed by atoms with van der Waals surface area (Å²) in [7, 11) is -3.60. The Kier molecular flexibility index (Phi) is 5.78. The molecular weight excluding hydrogens is 388 g/mol. The summed E-state index contributed by atoms with van der Waals surface area (Å²) in [6.07, 6.45) is 6.17. The van der Waals surface area contributed by atoms with E-state index in [1.165, 1.54) is 6.08 Å². The smallest absolute Gasteiger partial charge is 0.244 e. The van der Waals surface area contributed by atoms with Crippen LogP contribution in [0.25, 0.3) is 11.6 Å². The number of anilines is 1. The zero-order chi connectivity index (χ0) is 19.3. The van der Waals surface area contributed by atoms with Crippen LogP contribution in [-0.4, -0.2) is 36.2 Å². The Labute approximate surface area is 161 Å². The number of nitrogens with one attached hydrogen (secondary N) is 2. The fourth-order valence-corrected chi connectivity index (χ4v) is 3.52. The molecule has 1 aromatic carbocycles. The Morgan fingerprint density at radius 2 is 2.04 bits per heavy atom. The molecule has 0 saturated carbocycles. The SMILES string of the molecule is O=C(C=Cc1ccccc1Cl)NCCS(=O)(=O)Nc1ccn2nccc2c1. The number of aromatic nitrogens is 2.